The fourth-order valence-corrected chi connectivity index (χ4v) is 2.32. The summed E-state index contributed by atoms with van der Waals surface area (Å²) in [7, 11) is 1.35. The summed E-state index contributed by atoms with van der Waals surface area (Å²) in [5.41, 5.74) is 5.56. The SMILES string of the molecule is COC(=O)CCN(CC(C)C)C(=O)C1CCC(CN)O1. The van der Waals surface area contributed by atoms with E-state index in [2.05, 4.69) is 4.74 Å². The highest BCUT2D eigenvalue weighted by Crippen LogP contribution is 2.21. The molecule has 0 spiro atoms. The Bertz CT molecular complexity index is 333. The zero-order chi connectivity index (χ0) is 15.1. The Kier molecular flexibility index (Phi) is 6.95. The van der Waals surface area contributed by atoms with E-state index < -0.39 is 6.10 Å². The molecule has 0 saturated carbocycles. The van der Waals surface area contributed by atoms with Crippen LogP contribution in [-0.2, 0) is 19.1 Å². The summed E-state index contributed by atoms with van der Waals surface area (Å²) in [6.45, 7) is 5.50. The van der Waals surface area contributed by atoms with Crippen molar-refractivity contribution in [1.82, 2.24) is 4.90 Å². The maximum Gasteiger partial charge on any atom is 0.307 e. The molecule has 1 amide bonds. The van der Waals surface area contributed by atoms with Gasteiger partial charge in [-0.3, -0.25) is 9.59 Å². The summed E-state index contributed by atoms with van der Waals surface area (Å²) in [5, 5.41) is 0. The number of carbonyl (C=O) groups excluding carboxylic acids is 2. The van der Waals surface area contributed by atoms with E-state index in [0.29, 0.717) is 32.0 Å². The van der Waals surface area contributed by atoms with Crippen molar-refractivity contribution >= 4 is 11.9 Å². The molecule has 1 heterocycles. The Hall–Kier alpha value is -1.14. The second kappa shape index (κ2) is 8.21. The molecule has 0 aliphatic carbocycles. The molecule has 2 atom stereocenters. The molecule has 0 aromatic rings. The lowest BCUT2D eigenvalue weighted by atomic mass is 10.1. The van der Waals surface area contributed by atoms with Crippen LogP contribution in [0.5, 0.6) is 0 Å². The number of hydrogen-bond donors (Lipinski definition) is 1. The van der Waals surface area contributed by atoms with Gasteiger partial charge in [0.25, 0.3) is 5.91 Å². The Balaban J connectivity index is 2.57. The number of carbonyl (C=O) groups is 2. The molecule has 1 aliphatic rings. The van der Waals surface area contributed by atoms with E-state index in [0.717, 1.165) is 6.42 Å². The average molecular weight is 286 g/mol. The minimum absolute atomic E-state index is 0.0227. The smallest absolute Gasteiger partial charge is 0.307 e. The van der Waals surface area contributed by atoms with Crippen molar-refractivity contribution in [2.24, 2.45) is 11.7 Å². The zero-order valence-electron chi connectivity index (χ0n) is 12.6. The predicted octanol–water partition coefficient (Wildman–Crippen LogP) is 0.540. The number of esters is 1. The fraction of sp³-hybridized carbons (Fsp3) is 0.857. The first-order valence-corrected chi connectivity index (χ1v) is 7.19. The summed E-state index contributed by atoms with van der Waals surface area (Å²) in [6, 6.07) is 0. The van der Waals surface area contributed by atoms with Gasteiger partial charge < -0.3 is 20.1 Å². The molecular formula is C14H26N2O4. The van der Waals surface area contributed by atoms with E-state index in [4.69, 9.17) is 10.5 Å². The van der Waals surface area contributed by atoms with Gasteiger partial charge in [-0.2, -0.15) is 0 Å². The molecule has 116 valence electrons. The number of amides is 1. The maximum atomic E-state index is 12.5. The third-order valence-corrected chi connectivity index (χ3v) is 3.36. The summed E-state index contributed by atoms with van der Waals surface area (Å²) in [5.74, 6) is -0.0133. The van der Waals surface area contributed by atoms with Gasteiger partial charge in [0.2, 0.25) is 0 Å². The van der Waals surface area contributed by atoms with Gasteiger partial charge in [-0.1, -0.05) is 13.8 Å². The van der Waals surface area contributed by atoms with E-state index in [1.165, 1.54) is 7.11 Å². The summed E-state index contributed by atoms with van der Waals surface area (Å²) < 4.78 is 10.3. The molecule has 6 heteroatoms. The second-order valence-corrected chi connectivity index (χ2v) is 5.56. The lowest BCUT2D eigenvalue weighted by Gasteiger charge is -2.27. The zero-order valence-corrected chi connectivity index (χ0v) is 12.6. The maximum absolute atomic E-state index is 12.5. The number of methoxy groups -OCH3 is 1. The van der Waals surface area contributed by atoms with Gasteiger partial charge in [-0.15, -0.1) is 0 Å². The molecule has 0 aromatic carbocycles. The largest absolute Gasteiger partial charge is 0.469 e. The van der Waals surface area contributed by atoms with Crippen molar-refractivity contribution in [2.75, 3.05) is 26.7 Å². The first-order valence-electron chi connectivity index (χ1n) is 7.19. The number of rotatable bonds is 7. The van der Waals surface area contributed by atoms with Crippen LogP contribution in [0, 0.1) is 5.92 Å². The van der Waals surface area contributed by atoms with Crippen LogP contribution in [0.3, 0.4) is 0 Å². The van der Waals surface area contributed by atoms with E-state index >= 15 is 0 Å². The minimum atomic E-state index is -0.417. The van der Waals surface area contributed by atoms with Crippen LogP contribution in [0.15, 0.2) is 0 Å². The molecule has 1 aliphatic heterocycles. The van der Waals surface area contributed by atoms with Gasteiger partial charge >= 0.3 is 5.97 Å². The van der Waals surface area contributed by atoms with Gasteiger partial charge in [-0.05, 0) is 18.8 Å². The van der Waals surface area contributed by atoms with Crippen molar-refractivity contribution in [1.29, 1.82) is 0 Å². The summed E-state index contributed by atoms with van der Waals surface area (Å²) in [4.78, 5) is 25.4. The molecule has 0 radical (unpaired) electrons. The number of nitrogens with zero attached hydrogens (tertiary/aromatic N) is 1. The first kappa shape index (κ1) is 16.9. The summed E-state index contributed by atoms with van der Waals surface area (Å²) in [6.07, 6.45) is 1.29. The quantitative estimate of drug-likeness (QED) is 0.691. The molecule has 1 saturated heterocycles. The van der Waals surface area contributed by atoms with Crippen molar-refractivity contribution in [2.45, 2.75) is 45.3 Å². The van der Waals surface area contributed by atoms with Crippen LogP contribution in [0.25, 0.3) is 0 Å². The second-order valence-electron chi connectivity index (χ2n) is 5.56. The average Bonchev–Trinajstić information content (AvgIpc) is 2.90. The van der Waals surface area contributed by atoms with Gasteiger partial charge in [0.1, 0.15) is 6.10 Å². The molecular weight excluding hydrogens is 260 g/mol. The van der Waals surface area contributed by atoms with Gasteiger partial charge in [-0.25, -0.2) is 0 Å². The standard InChI is InChI=1S/C14H26N2O4/c1-10(2)9-16(7-6-13(17)19-3)14(18)12-5-4-11(8-15)20-12/h10-12H,4-9,15H2,1-3H3. The Morgan fingerprint density at radius 3 is 2.60 bits per heavy atom. The third kappa shape index (κ3) is 5.09. The van der Waals surface area contributed by atoms with Gasteiger partial charge in [0, 0.05) is 19.6 Å². The topological polar surface area (TPSA) is 81.9 Å². The van der Waals surface area contributed by atoms with Crippen LogP contribution in [0.2, 0.25) is 0 Å². The van der Waals surface area contributed by atoms with Crippen LogP contribution in [-0.4, -0.2) is 55.7 Å². The Labute approximate surface area is 120 Å². The molecule has 1 fully saturated rings. The number of ether oxygens (including phenoxy) is 2. The first-order chi connectivity index (χ1) is 9.47. The normalized spacial score (nSPS) is 22.1. The van der Waals surface area contributed by atoms with Crippen molar-refractivity contribution in [3.8, 4) is 0 Å². The lowest BCUT2D eigenvalue weighted by Crippen LogP contribution is -2.42. The van der Waals surface area contributed by atoms with Crippen molar-refractivity contribution < 1.29 is 19.1 Å². The van der Waals surface area contributed by atoms with Crippen LogP contribution in [0.1, 0.15) is 33.1 Å². The number of hydrogen-bond acceptors (Lipinski definition) is 5. The van der Waals surface area contributed by atoms with E-state index in [1.54, 1.807) is 4.90 Å². The molecule has 1 rings (SSSR count). The van der Waals surface area contributed by atoms with Crippen molar-refractivity contribution in [3.05, 3.63) is 0 Å². The monoisotopic (exact) mass is 286 g/mol. The number of nitrogens with two attached hydrogens (primary N) is 1. The van der Waals surface area contributed by atoms with Gasteiger partial charge in [0.05, 0.1) is 19.6 Å². The molecule has 2 N–H and O–H groups in total. The Morgan fingerprint density at radius 1 is 1.40 bits per heavy atom. The highest BCUT2D eigenvalue weighted by molar-refractivity contribution is 5.81. The van der Waals surface area contributed by atoms with Crippen LogP contribution >= 0.6 is 0 Å². The third-order valence-electron chi connectivity index (χ3n) is 3.36. The van der Waals surface area contributed by atoms with Crippen LogP contribution in [0.4, 0.5) is 0 Å². The lowest BCUT2D eigenvalue weighted by molar-refractivity contribution is -0.146. The van der Waals surface area contributed by atoms with E-state index in [9.17, 15) is 9.59 Å². The molecule has 2 unspecified atom stereocenters. The molecule has 6 nitrogen and oxygen atoms in total. The highest BCUT2D eigenvalue weighted by Gasteiger charge is 2.33. The molecule has 0 aromatic heterocycles. The molecule has 20 heavy (non-hydrogen) atoms. The molecule has 0 bridgehead atoms. The van der Waals surface area contributed by atoms with E-state index in [-0.39, 0.29) is 24.4 Å². The van der Waals surface area contributed by atoms with E-state index in [1.807, 2.05) is 13.8 Å². The van der Waals surface area contributed by atoms with Crippen molar-refractivity contribution in [3.63, 3.8) is 0 Å². The van der Waals surface area contributed by atoms with Crippen LogP contribution < -0.4 is 5.73 Å². The fourth-order valence-electron chi connectivity index (χ4n) is 2.32. The van der Waals surface area contributed by atoms with Gasteiger partial charge in [0.15, 0.2) is 0 Å². The predicted molar refractivity (Wildman–Crippen MR) is 75.0 cm³/mol. The Morgan fingerprint density at radius 2 is 2.10 bits per heavy atom. The minimum Gasteiger partial charge on any atom is -0.469 e. The highest BCUT2D eigenvalue weighted by atomic mass is 16.5. The summed E-state index contributed by atoms with van der Waals surface area (Å²) >= 11 is 0.